The van der Waals surface area contributed by atoms with Gasteiger partial charge in [-0.3, -0.25) is 0 Å². The van der Waals surface area contributed by atoms with Crippen LogP contribution in [0.1, 0.15) is 44.5 Å². The van der Waals surface area contributed by atoms with Crippen LogP contribution in [-0.4, -0.2) is 14.1 Å². The Morgan fingerprint density at radius 2 is 0.571 bits per heavy atom. The van der Waals surface area contributed by atoms with Crippen molar-refractivity contribution in [1.29, 1.82) is 0 Å². The fraction of sp³-hybridized carbons (Fsp3) is 0.100. The van der Waals surface area contributed by atoms with Gasteiger partial charge in [0.05, 0.1) is 51.4 Å². The molecule has 0 saturated heterocycles. The van der Waals surface area contributed by atoms with E-state index in [-0.39, 0.29) is 0 Å². The molecule has 0 atom stereocenters. The molecule has 14 rings (SSSR count). The molecule has 11 aromatic carbocycles. The summed E-state index contributed by atoms with van der Waals surface area (Å²) < 4.78 is 4.90. The van der Waals surface area contributed by atoms with Crippen molar-refractivity contribution in [2.45, 2.75) is 55.4 Å². The monoisotopic (exact) mass is 1080 g/mol. The van der Waals surface area contributed by atoms with Gasteiger partial charge in [-0.1, -0.05) is 202 Å². The second-order valence-electron chi connectivity index (χ2n) is 23.4. The molecule has 0 aliphatic heterocycles. The number of rotatable bonds is 9. The number of hydrogen-bond acceptors (Lipinski definition) is 1. The van der Waals surface area contributed by atoms with Crippen LogP contribution in [0.25, 0.3) is 138 Å². The molecule has 0 bridgehead atoms. The number of nitrogens with zero attached hydrogens (tertiary/aromatic N) is 4. The Morgan fingerprint density at radius 3 is 0.869 bits per heavy atom. The van der Waals surface area contributed by atoms with E-state index >= 15 is 0 Å². The van der Waals surface area contributed by atoms with Gasteiger partial charge in [0.15, 0.2) is 5.69 Å². The standard InChI is InChI=1S/C80H62N4/c1-48-28-49(2)33-62(32-48)58-20-24-75-68(40-58)69-41-59(63-34-50(3)29-51(4)35-63)21-25-76(69)83(75)79-46-67(66-44-72(56-16-12-10-13-17-56)82-73(45-66)57-18-14-11-15-19-57)74(81-9)47-80(79)84-77-26-22-60(64-36-52(5)30-53(6)37-64)42-70(77)71-43-61(23-27-78(71)84)65-38-54(7)31-55(8)39-65/h10-47H,1-8H3. The summed E-state index contributed by atoms with van der Waals surface area (Å²) in [5.41, 5.74) is 31.3. The lowest BCUT2D eigenvalue weighted by Gasteiger charge is -2.20. The van der Waals surface area contributed by atoms with Crippen LogP contribution in [0.4, 0.5) is 5.69 Å². The highest BCUT2D eigenvalue weighted by Gasteiger charge is 2.25. The van der Waals surface area contributed by atoms with E-state index in [1.165, 1.54) is 66.8 Å². The van der Waals surface area contributed by atoms with Gasteiger partial charge in [0, 0.05) is 32.7 Å². The van der Waals surface area contributed by atoms with Crippen molar-refractivity contribution in [2.75, 3.05) is 0 Å². The highest BCUT2D eigenvalue weighted by Crippen LogP contribution is 2.47. The van der Waals surface area contributed by atoms with E-state index in [9.17, 15) is 6.57 Å². The molecule has 4 heteroatoms. The van der Waals surface area contributed by atoms with Gasteiger partial charge in [-0.05, 0) is 184 Å². The van der Waals surface area contributed by atoms with Gasteiger partial charge >= 0.3 is 0 Å². The summed E-state index contributed by atoms with van der Waals surface area (Å²) >= 11 is 0. The molecule has 0 aliphatic carbocycles. The summed E-state index contributed by atoms with van der Waals surface area (Å²) in [4.78, 5) is 9.81. The van der Waals surface area contributed by atoms with Crippen LogP contribution in [0.3, 0.4) is 0 Å². The van der Waals surface area contributed by atoms with Crippen molar-refractivity contribution in [3.8, 4) is 89.5 Å². The molecule has 3 heterocycles. The molecule has 0 saturated carbocycles. The highest BCUT2D eigenvalue weighted by atomic mass is 15.1. The Balaban J connectivity index is 1.12. The van der Waals surface area contributed by atoms with Gasteiger partial charge in [0.1, 0.15) is 0 Å². The van der Waals surface area contributed by atoms with E-state index in [4.69, 9.17) is 4.98 Å². The normalized spacial score (nSPS) is 11.6. The van der Waals surface area contributed by atoms with E-state index in [0.29, 0.717) is 5.69 Å². The van der Waals surface area contributed by atoms with Crippen LogP contribution in [-0.2, 0) is 0 Å². The van der Waals surface area contributed by atoms with Gasteiger partial charge in [-0.2, -0.15) is 0 Å². The van der Waals surface area contributed by atoms with Crippen molar-refractivity contribution < 1.29 is 0 Å². The van der Waals surface area contributed by atoms with E-state index in [2.05, 4.69) is 288 Å². The van der Waals surface area contributed by atoms with Crippen molar-refractivity contribution >= 4 is 49.3 Å². The Hall–Kier alpha value is -10.3. The maximum Gasteiger partial charge on any atom is 0.197 e. The lowest BCUT2D eigenvalue weighted by molar-refractivity contribution is 1.10. The lowest BCUT2D eigenvalue weighted by Crippen LogP contribution is -2.04. The Morgan fingerprint density at radius 1 is 0.274 bits per heavy atom. The van der Waals surface area contributed by atoms with Crippen LogP contribution in [0.2, 0.25) is 0 Å². The lowest BCUT2D eigenvalue weighted by atomic mass is 9.97. The Kier molecular flexibility index (Phi) is 12.7. The molecule has 0 radical (unpaired) electrons. The zero-order valence-electron chi connectivity index (χ0n) is 48.7. The molecular weight excluding hydrogens is 1020 g/mol. The molecule has 0 aliphatic rings. The smallest absolute Gasteiger partial charge is 0.197 e. The second kappa shape index (κ2) is 20.6. The zero-order chi connectivity index (χ0) is 57.5. The van der Waals surface area contributed by atoms with Gasteiger partial charge < -0.3 is 9.13 Å². The van der Waals surface area contributed by atoms with Crippen LogP contribution < -0.4 is 0 Å². The summed E-state index contributed by atoms with van der Waals surface area (Å²) in [6, 6.07) is 84.8. The van der Waals surface area contributed by atoms with Crippen LogP contribution in [0.5, 0.6) is 0 Å². The minimum absolute atomic E-state index is 0.543. The van der Waals surface area contributed by atoms with Crippen molar-refractivity contribution in [2.24, 2.45) is 0 Å². The van der Waals surface area contributed by atoms with E-state index in [1.807, 2.05) is 12.1 Å². The largest absolute Gasteiger partial charge is 0.308 e. The van der Waals surface area contributed by atoms with E-state index in [0.717, 1.165) is 111 Å². The molecule has 0 spiro atoms. The van der Waals surface area contributed by atoms with Crippen molar-refractivity contribution in [3.63, 3.8) is 0 Å². The predicted octanol–water partition coefficient (Wildman–Crippen LogP) is 22.0. The van der Waals surface area contributed by atoms with Gasteiger partial charge in [-0.25, -0.2) is 9.83 Å². The molecule has 84 heavy (non-hydrogen) atoms. The maximum absolute atomic E-state index is 9.20. The third-order valence-corrected chi connectivity index (χ3v) is 16.7. The summed E-state index contributed by atoms with van der Waals surface area (Å²) in [5, 5.41) is 4.57. The third kappa shape index (κ3) is 9.35. The van der Waals surface area contributed by atoms with Gasteiger partial charge in [0.25, 0.3) is 0 Å². The molecular formula is C80H62N4. The molecule has 0 amide bonds. The van der Waals surface area contributed by atoms with Crippen LogP contribution in [0, 0.1) is 62.0 Å². The number of pyridine rings is 1. The van der Waals surface area contributed by atoms with E-state index < -0.39 is 0 Å². The molecule has 4 nitrogen and oxygen atoms in total. The first-order chi connectivity index (χ1) is 40.8. The number of hydrogen-bond donors (Lipinski definition) is 0. The fourth-order valence-electron chi connectivity index (χ4n) is 13.3. The molecule has 0 unspecified atom stereocenters. The molecule has 402 valence electrons. The molecule has 0 N–H and O–H groups in total. The maximum atomic E-state index is 9.20. The molecule has 3 aromatic heterocycles. The SMILES string of the molecule is [C-]#[N+]c1cc(-n2c3ccc(-c4cc(C)cc(C)c4)cc3c3cc(-c4cc(C)cc(C)c4)ccc32)c(-n2c3ccc(-c4cc(C)cc(C)c4)cc3c3cc(-c4cc(C)cc(C)c4)ccc32)cc1-c1cc(-c2ccccc2)nc(-c2ccccc2)c1. The second-order valence-corrected chi connectivity index (χ2v) is 23.4. The van der Waals surface area contributed by atoms with Crippen molar-refractivity contribution in [1.82, 2.24) is 14.1 Å². The molecule has 14 aromatic rings. The topological polar surface area (TPSA) is 27.1 Å². The highest BCUT2D eigenvalue weighted by molar-refractivity contribution is 6.14. The predicted molar refractivity (Wildman–Crippen MR) is 355 cm³/mol. The Bertz CT molecular complexity index is 4690. The first-order valence-electron chi connectivity index (χ1n) is 29.0. The number of fused-ring (bicyclic) bond motifs is 6. The molecule has 0 fully saturated rings. The van der Waals surface area contributed by atoms with Gasteiger partial charge in [0.2, 0.25) is 0 Å². The van der Waals surface area contributed by atoms with Crippen molar-refractivity contribution in [3.05, 3.63) is 286 Å². The minimum Gasteiger partial charge on any atom is -0.308 e. The summed E-state index contributed by atoms with van der Waals surface area (Å²) in [6.07, 6.45) is 0. The average molecular weight is 1080 g/mol. The average Bonchev–Trinajstić information content (AvgIpc) is 1.94. The fourth-order valence-corrected chi connectivity index (χ4v) is 13.3. The first kappa shape index (κ1) is 51.8. The zero-order valence-corrected chi connectivity index (χ0v) is 48.7. The van der Waals surface area contributed by atoms with E-state index in [1.54, 1.807) is 0 Å². The summed E-state index contributed by atoms with van der Waals surface area (Å²) in [7, 11) is 0. The van der Waals surface area contributed by atoms with Crippen LogP contribution in [0.15, 0.2) is 231 Å². The van der Waals surface area contributed by atoms with Crippen LogP contribution >= 0.6 is 0 Å². The Labute approximate surface area is 492 Å². The number of aryl methyl sites for hydroxylation is 8. The summed E-state index contributed by atoms with van der Waals surface area (Å²) in [6.45, 7) is 26.6. The van der Waals surface area contributed by atoms with Gasteiger partial charge in [-0.15, -0.1) is 0 Å². The number of benzene rings is 11. The third-order valence-electron chi connectivity index (χ3n) is 16.7. The first-order valence-corrected chi connectivity index (χ1v) is 29.0. The summed E-state index contributed by atoms with van der Waals surface area (Å²) in [5.74, 6) is 0. The quantitative estimate of drug-likeness (QED) is 0.132. The number of aromatic nitrogens is 3. The minimum atomic E-state index is 0.543.